The standard InChI is InChI=1S/C32H38N4O10S/c1-34(2)12-13-36-30-21(9-8-20-15-26-27(16-22(20)30)44-19-43-26)23-17-25(42-4)28(18-24(23)31(36)38)46-32(39)35(3)11-10-33-29(37)7-6-14-45-47(5,40)41/h8-9,15-18H,6-7,10-14,19H2,1-5H3,(H,33,37). The third kappa shape index (κ3) is 7.69. The van der Waals surface area contributed by atoms with Crippen molar-refractivity contribution >= 4 is 54.6 Å². The van der Waals surface area contributed by atoms with Gasteiger partial charge in [0.15, 0.2) is 23.0 Å². The number of hydrogen-bond donors (Lipinski definition) is 1. The highest BCUT2D eigenvalue weighted by atomic mass is 32.2. The first-order valence-electron chi connectivity index (χ1n) is 15.0. The maximum absolute atomic E-state index is 14.2. The molecule has 1 aliphatic heterocycles. The zero-order valence-corrected chi connectivity index (χ0v) is 27.8. The number of carbonyl (C=O) groups is 2. The van der Waals surface area contributed by atoms with Gasteiger partial charge in [0, 0.05) is 55.8 Å². The Morgan fingerprint density at radius 1 is 0.957 bits per heavy atom. The molecular weight excluding hydrogens is 632 g/mol. The zero-order chi connectivity index (χ0) is 33.9. The number of benzene rings is 3. The Morgan fingerprint density at radius 2 is 1.68 bits per heavy atom. The van der Waals surface area contributed by atoms with Crippen molar-refractivity contribution < 1.29 is 41.1 Å². The monoisotopic (exact) mass is 670 g/mol. The number of aromatic nitrogens is 1. The highest BCUT2D eigenvalue weighted by Gasteiger charge is 2.22. The van der Waals surface area contributed by atoms with Gasteiger partial charge in [0.1, 0.15) is 0 Å². The number of nitrogens with one attached hydrogen (secondary N) is 1. The van der Waals surface area contributed by atoms with Crippen LogP contribution in [0.5, 0.6) is 23.0 Å². The van der Waals surface area contributed by atoms with Gasteiger partial charge in [-0.3, -0.25) is 13.8 Å². The highest BCUT2D eigenvalue weighted by molar-refractivity contribution is 7.85. The van der Waals surface area contributed by atoms with Gasteiger partial charge in [-0.1, -0.05) is 12.1 Å². The van der Waals surface area contributed by atoms with Crippen LogP contribution >= 0.6 is 0 Å². The first kappa shape index (κ1) is 33.8. The average molecular weight is 671 g/mol. The molecule has 0 bridgehead atoms. The molecule has 2 amide bonds. The second kappa shape index (κ2) is 14.0. The molecule has 0 fully saturated rings. The average Bonchev–Trinajstić information content (AvgIpc) is 3.48. The van der Waals surface area contributed by atoms with Crippen molar-refractivity contribution in [3.05, 3.63) is 46.8 Å². The minimum Gasteiger partial charge on any atom is -0.493 e. The third-order valence-electron chi connectivity index (χ3n) is 7.72. The van der Waals surface area contributed by atoms with E-state index in [-0.39, 0.29) is 62.3 Å². The fraction of sp³-hybridized carbons (Fsp3) is 0.406. The van der Waals surface area contributed by atoms with Crippen molar-refractivity contribution in [1.29, 1.82) is 0 Å². The van der Waals surface area contributed by atoms with Crippen LogP contribution < -0.4 is 29.8 Å². The van der Waals surface area contributed by atoms with Crippen molar-refractivity contribution in [1.82, 2.24) is 19.7 Å². The number of rotatable bonds is 13. The lowest BCUT2D eigenvalue weighted by Gasteiger charge is -2.20. The SMILES string of the molecule is COc1cc2c(cc1OC(=O)N(C)CCNC(=O)CCCOS(C)(=O)=O)c(=O)n(CCN(C)C)c1c3cc4c(cc3ccc21)OCO4. The molecule has 0 radical (unpaired) electrons. The normalized spacial score (nSPS) is 12.6. The number of pyridine rings is 1. The number of carbonyl (C=O) groups excluding carboxylic acids is 2. The van der Waals surface area contributed by atoms with Gasteiger partial charge in [-0.05, 0) is 50.2 Å². The Bertz CT molecular complexity index is 2010. The van der Waals surface area contributed by atoms with Crippen LogP contribution in [0.25, 0.3) is 32.4 Å². The molecular formula is C32H38N4O10S. The van der Waals surface area contributed by atoms with Crippen molar-refractivity contribution in [2.45, 2.75) is 19.4 Å². The minimum atomic E-state index is -3.56. The fourth-order valence-electron chi connectivity index (χ4n) is 5.32. The number of hydrogen-bond acceptors (Lipinski definition) is 11. The van der Waals surface area contributed by atoms with Crippen LogP contribution in [-0.4, -0.2) is 102 Å². The summed E-state index contributed by atoms with van der Waals surface area (Å²) in [6.07, 6.45) is 0.526. The fourth-order valence-corrected chi connectivity index (χ4v) is 5.74. The molecule has 0 unspecified atom stereocenters. The van der Waals surface area contributed by atoms with Gasteiger partial charge < -0.3 is 38.6 Å². The van der Waals surface area contributed by atoms with Crippen LogP contribution in [0.3, 0.4) is 0 Å². The van der Waals surface area contributed by atoms with Crippen LogP contribution in [-0.2, 0) is 25.6 Å². The van der Waals surface area contributed by atoms with E-state index in [0.29, 0.717) is 35.4 Å². The molecule has 0 spiro atoms. The molecule has 15 heteroatoms. The second-order valence-corrected chi connectivity index (χ2v) is 13.1. The van der Waals surface area contributed by atoms with Gasteiger partial charge in [-0.25, -0.2) is 4.79 Å². The first-order valence-corrected chi connectivity index (χ1v) is 16.8. The molecule has 0 saturated heterocycles. The molecule has 1 aromatic heterocycles. The summed E-state index contributed by atoms with van der Waals surface area (Å²) in [5.41, 5.74) is 0.495. The quantitative estimate of drug-likeness (QED) is 0.127. The lowest BCUT2D eigenvalue weighted by Crippen LogP contribution is -2.37. The number of likely N-dealkylation sites (N-methyl/N-ethyl adjacent to an activating group) is 2. The summed E-state index contributed by atoms with van der Waals surface area (Å²) in [6, 6.07) is 11.0. The maximum atomic E-state index is 14.2. The summed E-state index contributed by atoms with van der Waals surface area (Å²) in [7, 11) is 3.28. The minimum absolute atomic E-state index is 0.0684. The van der Waals surface area contributed by atoms with Crippen molar-refractivity contribution in [2.75, 3.05) is 67.5 Å². The lowest BCUT2D eigenvalue weighted by molar-refractivity contribution is -0.121. The summed E-state index contributed by atoms with van der Waals surface area (Å²) in [5, 5.41) is 6.23. The highest BCUT2D eigenvalue weighted by Crippen LogP contribution is 2.41. The zero-order valence-electron chi connectivity index (χ0n) is 27.0. The summed E-state index contributed by atoms with van der Waals surface area (Å²) in [4.78, 5) is 42.5. The van der Waals surface area contributed by atoms with E-state index in [0.717, 1.165) is 27.9 Å². The van der Waals surface area contributed by atoms with Crippen molar-refractivity contribution in [2.24, 2.45) is 0 Å². The first-order chi connectivity index (χ1) is 22.4. The number of ether oxygens (including phenoxy) is 4. The van der Waals surface area contributed by atoms with Gasteiger partial charge >= 0.3 is 6.09 Å². The number of amides is 2. The molecule has 0 aliphatic carbocycles. The Hall–Kier alpha value is -4.60. The van der Waals surface area contributed by atoms with Crippen LogP contribution in [0.4, 0.5) is 4.79 Å². The molecule has 0 atom stereocenters. The van der Waals surface area contributed by atoms with Gasteiger partial charge in [0.25, 0.3) is 15.7 Å². The molecule has 1 aliphatic rings. The summed E-state index contributed by atoms with van der Waals surface area (Å²) >= 11 is 0. The molecule has 3 aromatic carbocycles. The van der Waals surface area contributed by atoms with Gasteiger partial charge in [0.2, 0.25) is 12.7 Å². The molecule has 5 rings (SSSR count). The maximum Gasteiger partial charge on any atom is 0.415 e. The molecule has 2 heterocycles. The molecule has 1 N–H and O–H groups in total. The Morgan fingerprint density at radius 3 is 2.38 bits per heavy atom. The van der Waals surface area contributed by atoms with E-state index < -0.39 is 16.2 Å². The smallest absolute Gasteiger partial charge is 0.415 e. The van der Waals surface area contributed by atoms with Crippen LogP contribution in [0.1, 0.15) is 12.8 Å². The number of methoxy groups -OCH3 is 1. The molecule has 0 saturated carbocycles. The Balaban J connectivity index is 1.41. The van der Waals surface area contributed by atoms with Crippen LogP contribution in [0, 0.1) is 0 Å². The Labute approximate surface area is 271 Å². The topological polar surface area (TPSA) is 155 Å². The predicted octanol–water partition coefficient (Wildman–Crippen LogP) is 2.91. The molecule has 14 nitrogen and oxygen atoms in total. The van der Waals surface area contributed by atoms with E-state index in [1.54, 1.807) is 10.6 Å². The van der Waals surface area contributed by atoms with Gasteiger partial charge in [0.05, 0.1) is 30.9 Å². The van der Waals surface area contributed by atoms with Gasteiger partial charge in [-0.2, -0.15) is 8.42 Å². The van der Waals surface area contributed by atoms with Crippen molar-refractivity contribution in [3.63, 3.8) is 0 Å². The lowest BCUT2D eigenvalue weighted by atomic mass is 10.00. The second-order valence-electron chi connectivity index (χ2n) is 11.5. The van der Waals surface area contributed by atoms with E-state index in [1.165, 1.54) is 25.1 Å². The largest absolute Gasteiger partial charge is 0.493 e. The summed E-state index contributed by atoms with van der Waals surface area (Å²) in [6.45, 7) is 1.33. The Kier molecular flexibility index (Phi) is 10.1. The van der Waals surface area contributed by atoms with E-state index in [4.69, 9.17) is 18.9 Å². The van der Waals surface area contributed by atoms with Crippen LogP contribution in [0.15, 0.2) is 41.2 Å². The molecule has 252 valence electrons. The molecule has 47 heavy (non-hydrogen) atoms. The van der Waals surface area contributed by atoms with E-state index in [2.05, 4.69) is 9.50 Å². The van der Waals surface area contributed by atoms with Gasteiger partial charge in [-0.15, -0.1) is 0 Å². The van der Waals surface area contributed by atoms with E-state index in [1.807, 2.05) is 43.3 Å². The predicted molar refractivity (Wildman–Crippen MR) is 176 cm³/mol. The van der Waals surface area contributed by atoms with E-state index in [9.17, 15) is 22.8 Å². The third-order valence-corrected chi connectivity index (χ3v) is 8.31. The molecule has 4 aromatic rings. The summed E-state index contributed by atoms with van der Waals surface area (Å²) < 4.78 is 50.9. The van der Waals surface area contributed by atoms with E-state index >= 15 is 0 Å². The van der Waals surface area contributed by atoms with Crippen molar-refractivity contribution in [3.8, 4) is 23.0 Å². The summed E-state index contributed by atoms with van der Waals surface area (Å²) in [5.74, 6) is 1.29. The number of fused-ring (bicyclic) bond motifs is 6. The van der Waals surface area contributed by atoms with Crippen LogP contribution in [0.2, 0.25) is 0 Å². The number of nitrogens with zero attached hydrogens (tertiary/aromatic N) is 3.